The molecule has 0 bridgehead atoms. The number of benzene rings is 1. The van der Waals surface area contributed by atoms with Gasteiger partial charge in [-0.2, -0.15) is 0 Å². The van der Waals surface area contributed by atoms with E-state index in [0.717, 1.165) is 9.09 Å². The SMILES string of the molecule is COCCOCCOCCn1c(=O)oc2ccc(I)cc21. The summed E-state index contributed by atoms with van der Waals surface area (Å²) in [5, 5.41) is 0. The van der Waals surface area contributed by atoms with Crippen LogP contribution < -0.4 is 5.76 Å². The van der Waals surface area contributed by atoms with Crippen molar-refractivity contribution in [1.82, 2.24) is 4.57 Å². The largest absolute Gasteiger partial charge is 0.420 e. The minimum atomic E-state index is -0.355. The van der Waals surface area contributed by atoms with Crippen molar-refractivity contribution in [3.63, 3.8) is 0 Å². The highest BCUT2D eigenvalue weighted by Gasteiger charge is 2.09. The maximum atomic E-state index is 11.8. The minimum absolute atomic E-state index is 0.355. The zero-order valence-electron chi connectivity index (χ0n) is 11.8. The Morgan fingerprint density at radius 2 is 1.86 bits per heavy atom. The number of halogens is 1. The average molecular weight is 407 g/mol. The number of nitrogens with zero attached hydrogens (tertiary/aromatic N) is 1. The molecule has 6 nitrogen and oxygen atoms in total. The Hall–Kier alpha value is -0.900. The third kappa shape index (κ3) is 4.80. The molecule has 0 aliphatic rings. The lowest BCUT2D eigenvalue weighted by Gasteiger charge is -2.06. The molecule has 1 aromatic carbocycles. The van der Waals surface area contributed by atoms with E-state index in [2.05, 4.69) is 22.6 Å². The number of rotatable bonds is 9. The van der Waals surface area contributed by atoms with Crippen LogP contribution in [0.5, 0.6) is 0 Å². The molecule has 7 heteroatoms. The van der Waals surface area contributed by atoms with Gasteiger partial charge < -0.3 is 18.6 Å². The molecule has 0 aliphatic heterocycles. The Morgan fingerprint density at radius 1 is 1.14 bits per heavy atom. The standard InChI is InChI=1S/C14H18INO5/c1-18-6-7-20-9-8-19-5-4-16-12-10-11(15)2-3-13(12)21-14(16)17/h2-3,10H,4-9H2,1H3. The van der Waals surface area contributed by atoms with Gasteiger partial charge in [0.05, 0.1) is 45.1 Å². The highest BCUT2D eigenvalue weighted by molar-refractivity contribution is 14.1. The van der Waals surface area contributed by atoms with Crippen LogP contribution in [-0.2, 0) is 20.8 Å². The van der Waals surface area contributed by atoms with Crippen LogP contribution in [0.25, 0.3) is 11.1 Å². The topological polar surface area (TPSA) is 62.8 Å². The Labute approximate surface area is 136 Å². The third-order valence-electron chi connectivity index (χ3n) is 2.89. The molecule has 0 saturated carbocycles. The second-order valence-electron chi connectivity index (χ2n) is 4.35. The molecule has 0 unspecified atom stereocenters. The van der Waals surface area contributed by atoms with Gasteiger partial charge in [-0.05, 0) is 40.8 Å². The van der Waals surface area contributed by atoms with Crippen LogP contribution in [0.4, 0.5) is 0 Å². The zero-order valence-corrected chi connectivity index (χ0v) is 14.0. The highest BCUT2D eigenvalue weighted by Crippen LogP contribution is 2.16. The molecule has 1 heterocycles. The van der Waals surface area contributed by atoms with Crippen LogP contribution in [0.2, 0.25) is 0 Å². The normalized spacial score (nSPS) is 11.3. The number of hydrogen-bond acceptors (Lipinski definition) is 5. The predicted molar refractivity (Wildman–Crippen MR) is 86.7 cm³/mol. The van der Waals surface area contributed by atoms with Gasteiger partial charge in [0.1, 0.15) is 0 Å². The first-order chi connectivity index (χ1) is 10.2. The van der Waals surface area contributed by atoms with Gasteiger partial charge in [0, 0.05) is 10.7 Å². The van der Waals surface area contributed by atoms with Crippen molar-refractivity contribution < 1.29 is 18.6 Å². The van der Waals surface area contributed by atoms with Crippen molar-refractivity contribution in [1.29, 1.82) is 0 Å². The molecular weight excluding hydrogens is 389 g/mol. The molecule has 1 aromatic heterocycles. The molecule has 0 spiro atoms. The average Bonchev–Trinajstić information content (AvgIpc) is 2.77. The molecule has 0 atom stereocenters. The summed E-state index contributed by atoms with van der Waals surface area (Å²) in [5.74, 6) is -0.355. The molecular formula is C14H18INO5. The van der Waals surface area contributed by atoms with E-state index in [4.69, 9.17) is 18.6 Å². The van der Waals surface area contributed by atoms with Crippen molar-refractivity contribution in [3.05, 3.63) is 32.3 Å². The van der Waals surface area contributed by atoms with Gasteiger partial charge in [-0.3, -0.25) is 4.57 Å². The Morgan fingerprint density at radius 3 is 2.62 bits per heavy atom. The summed E-state index contributed by atoms with van der Waals surface area (Å²) >= 11 is 2.21. The van der Waals surface area contributed by atoms with E-state index >= 15 is 0 Å². The van der Waals surface area contributed by atoms with E-state index in [1.807, 2.05) is 12.1 Å². The predicted octanol–water partition coefficient (Wildman–Crippen LogP) is 1.88. The Bertz CT molecular complexity index is 621. The van der Waals surface area contributed by atoms with E-state index in [9.17, 15) is 4.79 Å². The molecule has 116 valence electrons. The summed E-state index contributed by atoms with van der Waals surface area (Å²) in [5.41, 5.74) is 1.40. The number of methoxy groups -OCH3 is 1. The van der Waals surface area contributed by atoms with E-state index in [1.165, 1.54) is 0 Å². The van der Waals surface area contributed by atoms with Crippen molar-refractivity contribution in [3.8, 4) is 0 Å². The lowest BCUT2D eigenvalue weighted by atomic mass is 10.3. The van der Waals surface area contributed by atoms with Crippen molar-refractivity contribution in [2.45, 2.75) is 6.54 Å². The molecule has 21 heavy (non-hydrogen) atoms. The summed E-state index contributed by atoms with van der Waals surface area (Å²) in [6, 6.07) is 5.64. The first kappa shape index (κ1) is 16.5. The van der Waals surface area contributed by atoms with Gasteiger partial charge in [0.25, 0.3) is 0 Å². The smallest absolute Gasteiger partial charge is 0.408 e. The summed E-state index contributed by atoms with van der Waals surface area (Å²) in [7, 11) is 1.63. The van der Waals surface area contributed by atoms with Crippen LogP contribution in [-0.4, -0.2) is 44.7 Å². The van der Waals surface area contributed by atoms with Gasteiger partial charge in [0.15, 0.2) is 5.58 Å². The quantitative estimate of drug-likeness (QED) is 0.469. The molecule has 0 radical (unpaired) electrons. The summed E-state index contributed by atoms with van der Waals surface area (Å²) in [4.78, 5) is 11.8. The van der Waals surface area contributed by atoms with Gasteiger partial charge in [-0.15, -0.1) is 0 Å². The number of ether oxygens (including phenoxy) is 3. The molecule has 0 N–H and O–H groups in total. The summed E-state index contributed by atoms with van der Waals surface area (Å²) in [6.07, 6.45) is 0. The van der Waals surface area contributed by atoms with Crippen LogP contribution in [0.1, 0.15) is 0 Å². The fourth-order valence-corrected chi connectivity index (χ4v) is 2.34. The van der Waals surface area contributed by atoms with E-state index in [-0.39, 0.29) is 5.76 Å². The number of fused-ring (bicyclic) bond motifs is 1. The van der Waals surface area contributed by atoms with Crippen molar-refractivity contribution in [2.75, 3.05) is 40.1 Å². The highest BCUT2D eigenvalue weighted by atomic mass is 127. The third-order valence-corrected chi connectivity index (χ3v) is 3.56. The van der Waals surface area contributed by atoms with E-state index in [1.54, 1.807) is 17.7 Å². The van der Waals surface area contributed by atoms with Gasteiger partial charge in [-0.25, -0.2) is 4.79 Å². The van der Waals surface area contributed by atoms with Crippen molar-refractivity contribution in [2.24, 2.45) is 0 Å². The van der Waals surface area contributed by atoms with E-state index < -0.39 is 0 Å². The zero-order chi connectivity index (χ0) is 15.1. The fraction of sp³-hybridized carbons (Fsp3) is 0.500. The van der Waals surface area contributed by atoms with Gasteiger partial charge in [-0.1, -0.05) is 0 Å². The summed E-state index contributed by atoms with van der Waals surface area (Å²) in [6.45, 7) is 3.05. The van der Waals surface area contributed by atoms with Crippen LogP contribution in [0.3, 0.4) is 0 Å². The fourth-order valence-electron chi connectivity index (χ4n) is 1.87. The first-order valence-electron chi connectivity index (χ1n) is 6.65. The monoisotopic (exact) mass is 407 g/mol. The van der Waals surface area contributed by atoms with Crippen LogP contribution in [0, 0.1) is 3.57 Å². The van der Waals surface area contributed by atoms with Crippen molar-refractivity contribution >= 4 is 33.7 Å². The Kier molecular flexibility index (Phi) is 6.68. The molecule has 2 aromatic rings. The second kappa shape index (κ2) is 8.52. The molecule has 0 aliphatic carbocycles. The van der Waals surface area contributed by atoms with Gasteiger partial charge >= 0.3 is 5.76 Å². The molecule has 0 fully saturated rings. The number of aromatic nitrogens is 1. The molecule has 0 saturated heterocycles. The molecule has 0 amide bonds. The first-order valence-corrected chi connectivity index (χ1v) is 7.73. The van der Waals surface area contributed by atoms with Crippen LogP contribution in [0.15, 0.2) is 27.4 Å². The van der Waals surface area contributed by atoms with E-state index in [0.29, 0.717) is 45.2 Å². The van der Waals surface area contributed by atoms with Crippen LogP contribution >= 0.6 is 22.6 Å². The molecule has 2 rings (SSSR count). The lowest BCUT2D eigenvalue weighted by molar-refractivity contribution is 0.0229. The minimum Gasteiger partial charge on any atom is -0.408 e. The van der Waals surface area contributed by atoms with Gasteiger partial charge in [0.2, 0.25) is 0 Å². The maximum absolute atomic E-state index is 11.8. The second-order valence-corrected chi connectivity index (χ2v) is 5.59. The summed E-state index contributed by atoms with van der Waals surface area (Å²) < 4.78 is 23.4. The number of oxazole rings is 1. The maximum Gasteiger partial charge on any atom is 0.420 e. The number of hydrogen-bond donors (Lipinski definition) is 0. The lowest BCUT2D eigenvalue weighted by Crippen LogP contribution is -2.18. The Balaban J connectivity index is 1.80.